The first kappa shape index (κ1) is 28.6. The van der Waals surface area contributed by atoms with Crippen LogP contribution in [0.25, 0.3) is 10.8 Å². The molecule has 1 saturated heterocycles. The molecule has 5 N–H and O–H groups in total. The van der Waals surface area contributed by atoms with Crippen molar-refractivity contribution in [1.29, 1.82) is 5.41 Å². The normalized spacial score (nSPS) is 18.0. The number of carbonyl (C=O) groups excluding carboxylic acids is 2. The molecular formula is C30H36N6O4S. The van der Waals surface area contributed by atoms with E-state index in [1.807, 2.05) is 48.5 Å². The van der Waals surface area contributed by atoms with E-state index in [1.165, 1.54) is 11.6 Å². The van der Waals surface area contributed by atoms with Crippen LogP contribution < -0.4 is 15.8 Å². The summed E-state index contributed by atoms with van der Waals surface area (Å²) < 4.78 is 29.5. The smallest absolute Gasteiger partial charge is 0.241 e. The molecule has 0 spiro atoms. The maximum atomic E-state index is 13.5. The Morgan fingerprint density at radius 3 is 2.49 bits per heavy atom. The van der Waals surface area contributed by atoms with Crippen LogP contribution in [0.4, 0.5) is 0 Å². The molecule has 2 aliphatic rings. The molecule has 0 aliphatic carbocycles. The molecule has 2 aliphatic heterocycles. The zero-order valence-electron chi connectivity index (χ0n) is 22.9. The van der Waals surface area contributed by atoms with Gasteiger partial charge in [0, 0.05) is 32.7 Å². The van der Waals surface area contributed by atoms with E-state index in [2.05, 4.69) is 10.0 Å². The van der Waals surface area contributed by atoms with Crippen LogP contribution in [0.3, 0.4) is 0 Å². The zero-order chi connectivity index (χ0) is 29.0. The van der Waals surface area contributed by atoms with Gasteiger partial charge in [0.05, 0.1) is 11.3 Å². The van der Waals surface area contributed by atoms with Gasteiger partial charge in [0.15, 0.2) is 5.96 Å². The van der Waals surface area contributed by atoms with E-state index >= 15 is 0 Å². The molecule has 3 aromatic rings. The average molecular weight is 577 g/mol. The summed E-state index contributed by atoms with van der Waals surface area (Å²) in [6, 6.07) is 18.9. The third kappa shape index (κ3) is 6.86. The van der Waals surface area contributed by atoms with Crippen molar-refractivity contribution < 1.29 is 18.0 Å². The topological polar surface area (TPSA) is 149 Å². The van der Waals surface area contributed by atoms with Gasteiger partial charge in [-0.15, -0.1) is 0 Å². The van der Waals surface area contributed by atoms with Crippen LogP contribution in [0, 0.1) is 11.3 Å². The molecule has 0 aromatic heterocycles. The largest absolute Gasteiger partial charge is 0.370 e. The van der Waals surface area contributed by atoms with Crippen LogP contribution in [-0.4, -0.2) is 68.2 Å². The highest BCUT2D eigenvalue weighted by molar-refractivity contribution is 7.89. The first-order chi connectivity index (χ1) is 19.7. The quantitative estimate of drug-likeness (QED) is 0.239. The molecule has 0 radical (unpaired) electrons. The van der Waals surface area contributed by atoms with E-state index in [4.69, 9.17) is 11.1 Å². The molecule has 1 fully saturated rings. The summed E-state index contributed by atoms with van der Waals surface area (Å²) in [6.07, 6.45) is 2.09. The van der Waals surface area contributed by atoms with Gasteiger partial charge in [-0.3, -0.25) is 15.0 Å². The monoisotopic (exact) mass is 576 g/mol. The Bertz CT molecular complexity index is 1560. The number of nitrogens with two attached hydrogens (primary N) is 1. The van der Waals surface area contributed by atoms with Gasteiger partial charge < -0.3 is 20.9 Å². The van der Waals surface area contributed by atoms with Gasteiger partial charge in [0.1, 0.15) is 6.04 Å². The lowest BCUT2D eigenvalue weighted by atomic mass is 9.98. The predicted molar refractivity (Wildman–Crippen MR) is 157 cm³/mol. The first-order valence-corrected chi connectivity index (χ1v) is 15.4. The maximum Gasteiger partial charge on any atom is 0.241 e. The number of rotatable bonds is 8. The summed E-state index contributed by atoms with van der Waals surface area (Å²) in [6.45, 7) is 2.45. The molecular weight excluding hydrogens is 540 g/mol. The van der Waals surface area contributed by atoms with Crippen molar-refractivity contribution in [3.8, 4) is 0 Å². The van der Waals surface area contributed by atoms with Crippen LogP contribution in [0.1, 0.15) is 30.4 Å². The number of benzene rings is 3. The maximum absolute atomic E-state index is 13.5. The van der Waals surface area contributed by atoms with Gasteiger partial charge in [-0.1, -0.05) is 54.6 Å². The van der Waals surface area contributed by atoms with Crippen molar-refractivity contribution in [2.75, 3.05) is 26.2 Å². The number of piperidine rings is 1. The molecule has 2 atom stereocenters. The molecule has 1 unspecified atom stereocenters. The van der Waals surface area contributed by atoms with Crippen molar-refractivity contribution in [2.45, 2.75) is 43.2 Å². The van der Waals surface area contributed by atoms with Crippen LogP contribution in [-0.2, 0) is 32.6 Å². The molecule has 11 heteroatoms. The van der Waals surface area contributed by atoms with E-state index in [1.54, 1.807) is 21.9 Å². The van der Waals surface area contributed by atoms with Crippen molar-refractivity contribution in [3.05, 3.63) is 77.9 Å². The third-order valence-electron chi connectivity index (χ3n) is 7.93. The van der Waals surface area contributed by atoms with Gasteiger partial charge in [-0.05, 0) is 59.2 Å². The standard InChI is InChI=1S/C30H36N6O4S/c31-30(32)36-14-5-6-21(19-36)18-33-29(38)27(17-28(37)35-15-13-23-8-2-4-10-25(23)20-35)34-41(39,40)26-12-11-22-7-1-3-9-24(22)16-26/h1-4,7-12,16,21,27,34H,5-6,13-15,17-20H2,(H3,31,32)(H,33,38)/t21?,27-/m1/s1. The Hall–Kier alpha value is -3.96. The van der Waals surface area contributed by atoms with Crippen LogP contribution in [0.2, 0.25) is 0 Å². The predicted octanol–water partition coefficient (Wildman–Crippen LogP) is 2.18. The van der Waals surface area contributed by atoms with Crippen molar-refractivity contribution in [2.24, 2.45) is 11.7 Å². The Kier molecular flexibility index (Phi) is 8.55. The summed E-state index contributed by atoms with van der Waals surface area (Å²) in [5.41, 5.74) is 7.89. The lowest BCUT2D eigenvalue weighted by molar-refractivity contribution is -0.135. The molecule has 0 bridgehead atoms. The second-order valence-corrected chi connectivity index (χ2v) is 12.5. The highest BCUT2D eigenvalue weighted by Crippen LogP contribution is 2.22. The Morgan fingerprint density at radius 1 is 0.976 bits per heavy atom. The van der Waals surface area contributed by atoms with Gasteiger partial charge in [0.25, 0.3) is 0 Å². The molecule has 41 heavy (non-hydrogen) atoms. The molecule has 216 valence electrons. The Balaban J connectivity index is 1.32. The highest BCUT2D eigenvalue weighted by atomic mass is 32.2. The lowest BCUT2D eigenvalue weighted by Crippen LogP contribution is -2.52. The summed E-state index contributed by atoms with van der Waals surface area (Å²) in [5.74, 6) is -0.791. The number of hydrogen-bond donors (Lipinski definition) is 4. The minimum absolute atomic E-state index is 0.00394. The van der Waals surface area contributed by atoms with Crippen molar-refractivity contribution in [3.63, 3.8) is 0 Å². The molecule has 2 amide bonds. The molecule has 2 heterocycles. The number of nitrogens with one attached hydrogen (secondary N) is 3. The second kappa shape index (κ2) is 12.3. The number of hydrogen-bond acceptors (Lipinski definition) is 5. The average Bonchev–Trinajstić information content (AvgIpc) is 2.99. The molecule has 3 aromatic carbocycles. The van der Waals surface area contributed by atoms with Crippen LogP contribution in [0.5, 0.6) is 0 Å². The summed E-state index contributed by atoms with van der Waals surface area (Å²) in [4.78, 5) is 30.3. The lowest BCUT2D eigenvalue weighted by Gasteiger charge is -2.33. The van der Waals surface area contributed by atoms with Crippen molar-refractivity contribution in [1.82, 2.24) is 19.8 Å². The minimum atomic E-state index is -4.12. The fourth-order valence-electron chi connectivity index (χ4n) is 5.61. The van der Waals surface area contributed by atoms with Crippen LogP contribution >= 0.6 is 0 Å². The van der Waals surface area contributed by atoms with Gasteiger partial charge in [0.2, 0.25) is 21.8 Å². The molecule has 5 rings (SSSR count). The van der Waals surface area contributed by atoms with Crippen LogP contribution in [0.15, 0.2) is 71.6 Å². The second-order valence-electron chi connectivity index (χ2n) is 10.8. The summed E-state index contributed by atoms with van der Waals surface area (Å²) >= 11 is 0. The van der Waals surface area contributed by atoms with Crippen molar-refractivity contribution >= 4 is 38.6 Å². The minimum Gasteiger partial charge on any atom is -0.370 e. The zero-order valence-corrected chi connectivity index (χ0v) is 23.7. The number of sulfonamides is 1. The Labute approximate surface area is 240 Å². The number of nitrogens with zero attached hydrogens (tertiary/aromatic N) is 2. The van der Waals surface area contributed by atoms with Gasteiger partial charge in [-0.2, -0.15) is 4.72 Å². The van der Waals surface area contributed by atoms with Gasteiger partial charge in [-0.25, -0.2) is 8.42 Å². The SMILES string of the molecule is N=C(N)N1CCCC(CNC(=O)[C@@H](CC(=O)N2CCc3ccccc3C2)NS(=O)(=O)c2ccc3ccccc3c2)C1. The molecule has 10 nitrogen and oxygen atoms in total. The number of fused-ring (bicyclic) bond motifs is 2. The number of likely N-dealkylation sites (tertiary alicyclic amines) is 1. The summed E-state index contributed by atoms with van der Waals surface area (Å²) in [5, 5.41) is 12.2. The van der Waals surface area contributed by atoms with Gasteiger partial charge >= 0.3 is 0 Å². The third-order valence-corrected chi connectivity index (χ3v) is 9.40. The van der Waals surface area contributed by atoms with E-state index in [0.717, 1.165) is 29.2 Å². The van der Waals surface area contributed by atoms with E-state index in [-0.39, 0.29) is 29.1 Å². The first-order valence-electron chi connectivity index (χ1n) is 13.9. The number of guanidine groups is 1. The highest BCUT2D eigenvalue weighted by Gasteiger charge is 2.32. The number of amides is 2. The Morgan fingerprint density at radius 2 is 1.71 bits per heavy atom. The fourth-order valence-corrected chi connectivity index (χ4v) is 6.84. The van der Waals surface area contributed by atoms with E-state index in [0.29, 0.717) is 39.1 Å². The summed E-state index contributed by atoms with van der Waals surface area (Å²) in [7, 11) is -4.12. The van der Waals surface area contributed by atoms with E-state index < -0.39 is 22.0 Å². The molecule has 0 saturated carbocycles. The fraction of sp³-hybridized carbons (Fsp3) is 0.367. The van der Waals surface area contributed by atoms with E-state index in [9.17, 15) is 18.0 Å². The number of carbonyl (C=O) groups is 2.